The summed E-state index contributed by atoms with van der Waals surface area (Å²) < 4.78 is 13.6. The summed E-state index contributed by atoms with van der Waals surface area (Å²) in [5.74, 6) is 0.0623. The molecule has 1 amide bonds. The fourth-order valence-corrected chi connectivity index (χ4v) is 4.97. The Bertz CT molecular complexity index is 644. The maximum atomic E-state index is 13.6. The second-order valence-corrected chi connectivity index (χ2v) is 8.00. The van der Waals surface area contributed by atoms with E-state index in [0.717, 1.165) is 63.7 Å². The number of likely N-dealkylation sites (tertiary alicyclic amines) is 1. The molecule has 3 aliphatic rings. The number of hydrogen-bond acceptors (Lipinski definition) is 3. The van der Waals surface area contributed by atoms with E-state index in [2.05, 4.69) is 9.80 Å². The summed E-state index contributed by atoms with van der Waals surface area (Å²) in [6.45, 7) is 2.41. The highest BCUT2D eigenvalue weighted by atomic mass is 19.1. The molecule has 0 unspecified atom stereocenters. The summed E-state index contributed by atoms with van der Waals surface area (Å²) in [4.78, 5) is 17.5. The quantitative estimate of drug-likeness (QED) is 0.895. The maximum Gasteiger partial charge on any atom is 0.230 e. The normalized spacial score (nSPS) is 33.3. The molecule has 3 fully saturated rings. The number of aliphatic hydroxyl groups excluding tert-OH is 1. The molecule has 2 saturated heterocycles. The van der Waals surface area contributed by atoms with Crippen molar-refractivity contribution in [3.8, 4) is 0 Å². The highest BCUT2D eigenvalue weighted by molar-refractivity contribution is 5.86. The molecule has 0 bridgehead atoms. The largest absolute Gasteiger partial charge is 0.393 e. The zero-order chi connectivity index (χ0) is 17.4. The molecular weight excluding hydrogens is 319 g/mol. The van der Waals surface area contributed by atoms with Gasteiger partial charge in [-0.1, -0.05) is 6.07 Å². The van der Waals surface area contributed by atoms with Crippen LogP contribution in [0.5, 0.6) is 0 Å². The van der Waals surface area contributed by atoms with Gasteiger partial charge in [-0.15, -0.1) is 0 Å². The standard InChI is InChI=1S/C20H27FN2O2/c21-15-3-1-4-17(13-15)22-11-2-9-20(14-22)10-12-23(19(20)25)16-5-7-18(24)8-6-16/h1,3-4,13,16,18,24H,2,5-12,14H2/t16-,18+,20-/m1/s1. The summed E-state index contributed by atoms with van der Waals surface area (Å²) in [7, 11) is 0. The molecule has 0 radical (unpaired) electrons. The zero-order valence-corrected chi connectivity index (χ0v) is 14.7. The van der Waals surface area contributed by atoms with Gasteiger partial charge in [0.2, 0.25) is 5.91 Å². The van der Waals surface area contributed by atoms with E-state index < -0.39 is 0 Å². The number of rotatable bonds is 2. The van der Waals surface area contributed by atoms with Crippen LogP contribution in [0.25, 0.3) is 0 Å². The molecule has 0 aromatic heterocycles. The molecule has 25 heavy (non-hydrogen) atoms. The summed E-state index contributed by atoms with van der Waals surface area (Å²) in [6, 6.07) is 6.99. The molecule has 1 atom stereocenters. The van der Waals surface area contributed by atoms with Crippen LogP contribution >= 0.6 is 0 Å². The van der Waals surface area contributed by atoms with Crippen molar-refractivity contribution in [2.75, 3.05) is 24.5 Å². The highest BCUT2D eigenvalue weighted by Crippen LogP contribution is 2.43. The highest BCUT2D eigenvalue weighted by Gasteiger charge is 2.50. The van der Waals surface area contributed by atoms with Crippen molar-refractivity contribution in [3.63, 3.8) is 0 Å². The van der Waals surface area contributed by atoms with Crippen LogP contribution in [-0.2, 0) is 4.79 Å². The third-order valence-electron chi connectivity index (χ3n) is 6.40. The Labute approximate surface area is 148 Å². The number of benzene rings is 1. The van der Waals surface area contributed by atoms with E-state index in [1.165, 1.54) is 6.07 Å². The Morgan fingerprint density at radius 3 is 2.68 bits per heavy atom. The van der Waals surface area contributed by atoms with Gasteiger partial charge >= 0.3 is 0 Å². The van der Waals surface area contributed by atoms with Crippen molar-refractivity contribution in [2.24, 2.45) is 5.41 Å². The number of carbonyl (C=O) groups excluding carboxylic acids is 1. The van der Waals surface area contributed by atoms with Crippen molar-refractivity contribution >= 4 is 11.6 Å². The van der Waals surface area contributed by atoms with Gasteiger partial charge in [0, 0.05) is 31.4 Å². The number of carbonyl (C=O) groups is 1. The molecule has 4 rings (SSSR count). The Hall–Kier alpha value is -1.62. The minimum atomic E-state index is -0.305. The van der Waals surface area contributed by atoms with Gasteiger partial charge in [-0.05, 0) is 63.1 Å². The molecule has 1 aliphatic carbocycles. The van der Waals surface area contributed by atoms with Crippen LogP contribution in [0, 0.1) is 11.2 Å². The number of halogens is 1. The van der Waals surface area contributed by atoms with Crippen LogP contribution < -0.4 is 4.90 Å². The van der Waals surface area contributed by atoms with Gasteiger partial charge in [0.15, 0.2) is 0 Å². The Kier molecular flexibility index (Phi) is 4.44. The maximum absolute atomic E-state index is 13.6. The zero-order valence-electron chi connectivity index (χ0n) is 14.7. The van der Waals surface area contributed by atoms with E-state index in [4.69, 9.17) is 0 Å². The van der Waals surface area contributed by atoms with E-state index >= 15 is 0 Å². The molecule has 136 valence electrons. The lowest BCUT2D eigenvalue weighted by atomic mass is 9.78. The molecule has 1 saturated carbocycles. The Morgan fingerprint density at radius 2 is 1.92 bits per heavy atom. The average Bonchev–Trinajstić information content (AvgIpc) is 2.92. The van der Waals surface area contributed by atoms with Gasteiger partial charge in [0.05, 0.1) is 11.5 Å². The molecule has 1 aromatic carbocycles. The summed E-state index contributed by atoms with van der Waals surface area (Å²) in [6.07, 6.45) is 6.04. The van der Waals surface area contributed by atoms with Crippen molar-refractivity contribution in [3.05, 3.63) is 30.1 Å². The Morgan fingerprint density at radius 1 is 1.12 bits per heavy atom. The van der Waals surface area contributed by atoms with Crippen LogP contribution in [0.1, 0.15) is 44.9 Å². The minimum Gasteiger partial charge on any atom is -0.393 e. The van der Waals surface area contributed by atoms with Crippen LogP contribution in [-0.4, -0.2) is 47.7 Å². The molecule has 2 aliphatic heterocycles. The van der Waals surface area contributed by atoms with E-state index in [1.807, 2.05) is 6.07 Å². The van der Waals surface area contributed by atoms with E-state index in [1.54, 1.807) is 12.1 Å². The number of piperidine rings is 1. The fraction of sp³-hybridized carbons (Fsp3) is 0.650. The van der Waals surface area contributed by atoms with Crippen molar-refractivity contribution in [1.82, 2.24) is 4.90 Å². The number of amides is 1. The molecular formula is C20H27FN2O2. The monoisotopic (exact) mass is 346 g/mol. The lowest BCUT2D eigenvalue weighted by Crippen LogP contribution is -2.50. The number of anilines is 1. The van der Waals surface area contributed by atoms with Gasteiger partial charge < -0.3 is 14.9 Å². The van der Waals surface area contributed by atoms with Gasteiger partial charge in [0.25, 0.3) is 0 Å². The van der Waals surface area contributed by atoms with Gasteiger partial charge in [-0.2, -0.15) is 0 Å². The van der Waals surface area contributed by atoms with Crippen molar-refractivity contribution < 1.29 is 14.3 Å². The predicted octanol–water partition coefficient (Wildman–Crippen LogP) is 2.95. The molecule has 2 heterocycles. The van der Waals surface area contributed by atoms with E-state index in [-0.39, 0.29) is 23.2 Å². The van der Waals surface area contributed by atoms with Crippen molar-refractivity contribution in [1.29, 1.82) is 0 Å². The van der Waals surface area contributed by atoms with Crippen LogP contribution in [0.4, 0.5) is 10.1 Å². The van der Waals surface area contributed by atoms with Crippen LogP contribution in [0.15, 0.2) is 24.3 Å². The minimum absolute atomic E-state index is 0.193. The van der Waals surface area contributed by atoms with Crippen molar-refractivity contribution in [2.45, 2.75) is 57.1 Å². The number of nitrogens with zero attached hydrogens (tertiary/aromatic N) is 2. The summed E-state index contributed by atoms with van der Waals surface area (Å²) in [5.41, 5.74) is 0.576. The fourth-order valence-electron chi connectivity index (χ4n) is 4.97. The van der Waals surface area contributed by atoms with Crippen LogP contribution in [0.3, 0.4) is 0 Å². The van der Waals surface area contributed by atoms with Gasteiger partial charge in [0.1, 0.15) is 5.82 Å². The average molecular weight is 346 g/mol. The third kappa shape index (κ3) is 3.14. The molecule has 5 heteroatoms. The smallest absolute Gasteiger partial charge is 0.230 e. The summed E-state index contributed by atoms with van der Waals surface area (Å²) >= 11 is 0. The lowest BCUT2D eigenvalue weighted by molar-refractivity contribution is -0.139. The second kappa shape index (κ2) is 6.60. The van der Waals surface area contributed by atoms with Gasteiger partial charge in [-0.3, -0.25) is 4.79 Å². The first-order valence-electron chi connectivity index (χ1n) is 9.57. The molecule has 1 N–H and O–H groups in total. The SMILES string of the molecule is O=C1N([C@H]2CC[C@@H](O)CC2)CC[C@@]12CCCN(c1cccc(F)c1)C2. The second-order valence-electron chi connectivity index (χ2n) is 8.00. The first-order chi connectivity index (χ1) is 12.1. The number of hydrogen-bond donors (Lipinski definition) is 1. The first-order valence-corrected chi connectivity index (χ1v) is 9.57. The molecule has 4 nitrogen and oxygen atoms in total. The molecule has 1 spiro atoms. The first kappa shape index (κ1) is 16.8. The topological polar surface area (TPSA) is 43.8 Å². The predicted molar refractivity (Wildman–Crippen MR) is 94.9 cm³/mol. The van der Waals surface area contributed by atoms with Crippen LogP contribution in [0.2, 0.25) is 0 Å². The van der Waals surface area contributed by atoms with E-state index in [0.29, 0.717) is 12.6 Å². The van der Waals surface area contributed by atoms with Gasteiger partial charge in [-0.25, -0.2) is 4.39 Å². The molecule has 1 aromatic rings. The summed E-state index contributed by atoms with van der Waals surface area (Å²) in [5, 5.41) is 9.72. The lowest BCUT2D eigenvalue weighted by Gasteiger charge is -2.41. The number of aliphatic hydroxyl groups is 1. The third-order valence-corrected chi connectivity index (χ3v) is 6.40. The Balaban J connectivity index is 1.49. The van der Waals surface area contributed by atoms with E-state index in [9.17, 15) is 14.3 Å².